The summed E-state index contributed by atoms with van der Waals surface area (Å²) in [6.45, 7) is 3.83. The first-order valence-electron chi connectivity index (χ1n) is 9.51. The molecule has 0 unspecified atom stereocenters. The van der Waals surface area contributed by atoms with Gasteiger partial charge in [0.2, 0.25) is 0 Å². The van der Waals surface area contributed by atoms with Gasteiger partial charge in [-0.25, -0.2) is 0 Å². The molecule has 3 aromatic carbocycles. The summed E-state index contributed by atoms with van der Waals surface area (Å²) < 4.78 is 5.71. The standard InChI is InChI=1S/C24H24N2O3/c1-18(2)26(21-13-7-4-8-14-21)23(27)17-29-22-15-9-12-20(16-22)25-24(28)19-10-5-3-6-11-19/h3-16,18H,17H2,1-2H3,(H,25,28). The van der Waals surface area contributed by atoms with Crippen molar-refractivity contribution in [3.05, 3.63) is 90.5 Å². The van der Waals surface area contributed by atoms with E-state index >= 15 is 0 Å². The molecule has 3 rings (SSSR count). The van der Waals surface area contributed by atoms with Crippen LogP contribution in [0.5, 0.6) is 5.75 Å². The molecular weight excluding hydrogens is 364 g/mol. The second-order valence-electron chi connectivity index (χ2n) is 6.83. The van der Waals surface area contributed by atoms with Crippen LogP contribution in [-0.2, 0) is 4.79 Å². The summed E-state index contributed by atoms with van der Waals surface area (Å²) in [5, 5.41) is 2.84. The van der Waals surface area contributed by atoms with Gasteiger partial charge in [-0.3, -0.25) is 9.59 Å². The van der Waals surface area contributed by atoms with Crippen molar-refractivity contribution in [1.82, 2.24) is 0 Å². The number of hydrogen-bond acceptors (Lipinski definition) is 3. The Kier molecular flexibility index (Phi) is 6.63. The number of hydrogen-bond donors (Lipinski definition) is 1. The highest BCUT2D eigenvalue weighted by atomic mass is 16.5. The monoisotopic (exact) mass is 388 g/mol. The Morgan fingerprint density at radius 2 is 1.55 bits per heavy atom. The van der Waals surface area contributed by atoms with Gasteiger partial charge in [-0.15, -0.1) is 0 Å². The predicted octanol–water partition coefficient (Wildman–Crippen LogP) is 4.76. The molecule has 29 heavy (non-hydrogen) atoms. The van der Waals surface area contributed by atoms with E-state index in [1.807, 2.05) is 62.4 Å². The van der Waals surface area contributed by atoms with Gasteiger partial charge in [-0.05, 0) is 50.2 Å². The number of anilines is 2. The molecule has 0 spiro atoms. The van der Waals surface area contributed by atoms with E-state index in [1.54, 1.807) is 41.3 Å². The van der Waals surface area contributed by atoms with Crippen LogP contribution in [0.1, 0.15) is 24.2 Å². The topological polar surface area (TPSA) is 58.6 Å². The minimum Gasteiger partial charge on any atom is -0.484 e. The third-order valence-electron chi connectivity index (χ3n) is 4.31. The van der Waals surface area contributed by atoms with E-state index in [9.17, 15) is 9.59 Å². The molecule has 0 bridgehead atoms. The van der Waals surface area contributed by atoms with Crippen LogP contribution in [0.3, 0.4) is 0 Å². The van der Waals surface area contributed by atoms with Crippen LogP contribution in [0.2, 0.25) is 0 Å². The van der Waals surface area contributed by atoms with Gasteiger partial charge in [0.1, 0.15) is 5.75 Å². The first-order valence-corrected chi connectivity index (χ1v) is 9.51. The van der Waals surface area contributed by atoms with Gasteiger partial charge in [0.25, 0.3) is 11.8 Å². The second kappa shape index (κ2) is 9.55. The van der Waals surface area contributed by atoms with Crippen LogP contribution >= 0.6 is 0 Å². The quantitative estimate of drug-likeness (QED) is 0.635. The van der Waals surface area contributed by atoms with E-state index < -0.39 is 0 Å². The lowest BCUT2D eigenvalue weighted by Crippen LogP contribution is -2.40. The Hall–Kier alpha value is -3.60. The highest BCUT2D eigenvalue weighted by Crippen LogP contribution is 2.20. The first-order chi connectivity index (χ1) is 14.0. The van der Waals surface area contributed by atoms with E-state index in [2.05, 4.69) is 5.32 Å². The Morgan fingerprint density at radius 1 is 0.897 bits per heavy atom. The maximum atomic E-state index is 12.7. The van der Waals surface area contributed by atoms with Crippen molar-refractivity contribution in [2.75, 3.05) is 16.8 Å². The van der Waals surface area contributed by atoms with Crippen LogP contribution in [-0.4, -0.2) is 24.5 Å². The molecule has 5 nitrogen and oxygen atoms in total. The predicted molar refractivity (Wildman–Crippen MR) is 115 cm³/mol. The first kappa shape index (κ1) is 20.1. The minimum atomic E-state index is -0.200. The van der Waals surface area contributed by atoms with Gasteiger partial charge in [-0.2, -0.15) is 0 Å². The summed E-state index contributed by atoms with van der Waals surface area (Å²) in [4.78, 5) is 26.7. The number of amides is 2. The lowest BCUT2D eigenvalue weighted by molar-refractivity contribution is -0.120. The molecular formula is C24H24N2O3. The molecule has 1 N–H and O–H groups in total. The van der Waals surface area contributed by atoms with E-state index in [0.29, 0.717) is 17.0 Å². The number of ether oxygens (including phenoxy) is 1. The van der Waals surface area contributed by atoms with Gasteiger partial charge in [0.15, 0.2) is 6.61 Å². The fourth-order valence-corrected chi connectivity index (χ4v) is 2.99. The Balaban J connectivity index is 1.64. The second-order valence-corrected chi connectivity index (χ2v) is 6.83. The van der Waals surface area contributed by atoms with Crippen molar-refractivity contribution < 1.29 is 14.3 Å². The third kappa shape index (κ3) is 5.45. The fraction of sp³-hybridized carbons (Fsp3) is 0.167. The normalized spacial score (nSPS) is 10.4. The zero-order valence-electron chi connectivity index (χ0n) is 16.5. The van der Waals surface area contributed by atoms with E-state index in [1.165, 1.54) is 0 Å². The molecule has 0 aliphatic heterocycles. The molecule has 0 radical (unpaired) electrons. The SMILES string of the molecule is CC(C)N(C(=O)COc1cccc(NC(=O)c2ccccc2)c1)c1ccccc1. The highest BCUT2D eigenvalue weighted by molar-refractivity contribution is 6.04. The molecule has 0 fully saturated rings. The minimum absolute atomic E-state index is 0.00462. The number of nitrogens with zero attached hydrogens (tertiary/aromatic N) is 1. The summed E-state index contributed by atoms with van der Waals surface area (Å²) in [6.07, 6.45) is 0. The van der Waals surface area contributed by atoms with Crippen molar-refractivity contribution in [2.24, 2.45) is 0 Å². The van der Waals surface area contributed by atoms with Crippen molar-refractivity contribution in [1.29, 1.82) is 0 Å². The van der Waals surface area contributed by atoms with Crippen LogP contribution in [0, 0.1) is 0 Å². The molecule has 5 heteroatoms. The van der Waals surface area contributed by atoms with Crippen LogP contribution in [0.4, 0.5) is 11.4 Å². The van der Waals surface area contributed by atoms with Crippen LogP contribution in [0.25, 0.3) is 0 Å². The number of nitrogens with one attached hydrogen (secondary N) is 1. The molecule has 0 heterocycles. The molecule has 148 valence electrons. The molecule has 0 saturated carbocycles. The number of para-hydroxylation sites is 1. The number of rotatable bonds is 7. The van der Waals surface area contributed by atoms with Crippen molar-refractivity contribution in [2.45, 2.75) is 19.9 Å². The molecule has 2 amide bonds. The van der Waals surface area contributed by atoms with Crippen molar-refractivity contribution in [3.63, 3.8) is 0 Å². The zero-order chi connectivity index (χ0) is 20.6. The van der Waals surface area contributed by atoms with Gasteiger partial charge < -0.3 is 15.0 Å². The number of carbonyl (C=O) groups excluding carboxylic acids is 2. The fourth-order valence-electron chi connectivity index (χ4n) is 2.99. The number of benzene rings is 3. The van der Waals surface area contributed by atoms with E-state index in [4.69, 9.17) is 4.74 Å². The van der Waals surface area contributed by atoms with Gasteiger partial charge in [0, 0.05) is 29.0 Å². The zero-order valence-corrected chi connectivity index (χ0v) is 16.5. The lowest BCUT2D eigenvalue weighted by Gasteiger charge is -2.26. The van der Waals surface area contributed by atoms with Crippen molar-refractivity contribution >= 4 is 23.2 Å². The van der Waals surface area contributed by atoms with Crippen LogP contribution in [0.15, 0.2) is 84.9 Å². The maximum absolute atomic E-state index is 12.7. The van der Waals surface area contributed by atoms with E-state index in [0.717, 1.165) is 5.69 Å². The highest BCUT2D eigenvalue weighted by Gasteiger charge is 2.19. The summed E-state index contributed by atoms with van der Waals surface area (Å²) in [5.74, 6) is 0.180. The average molecular weight is 388 g/mol. The molecule has 0 atom stereocenters. The summed E-state index contributed by atoms with van der Waals surface area (Å²) in [6, 6.07) is 25.5. The summed E-state index contributed by atoms with van der Waals surface area (Å²) in [5.41, 5.74) is 2.01. The molecule has 0 aromatic heterocycles. The van der Waals surface area contributed by atoms with Gasteiger partial charge >= 0.3 is 0 Å². The summed E-state index contributed by atoms with van der Waals surface area (Å²) in [7, 11) is 0. The Labute approximate surface area is 170 Å². The Bertz CT molecular complexity index is 956. The van der Waals surface area contributed by atoms with Crippen molar-refractivity contribution in [3.8, 4) is 5.75 Å². The van der Waals surface area contributed by atoms with Gasteiger partial charge in [0.05, 0.1) is 0 Å². The van der Waals surface area contributed by atoms with Gasteiger partial charge in [-0.1, -0.05) is 42.5 Å². The lowest BCUT2D eigenvalue weighted by atomic mass is 10.2. The molecule has 3 aromatic rings. The van der Waals surface area contributed by atoms with E-state index in [-0.39, 0.29) is 24.5 Å². The Morgan fingerprint density at radius 3 is 2.21 bits per heavy atom. The summed E-state index contributed by atoms with van der Waals surface area (Å²) >= 11 is 0. The maximum Gasteiger partial charge on any atom is 0.265 e. The molecule has 0 saturated heterocycles. The molecule has 0 aliphatic carbocycles. The third-order valence-corrected chi connectivity index (χ3v) is 4.31. The number of carbonyl (C=O) groups is 2. The smallest absolute Gasteiger partial charge is 0.265 e. The largest absolute Gasteiger partial charge is 0.484 e. The van der Waals surface area contributed by atoms with Crippen LogP contribution < -0.4 is 15.0 Å². The average Bonchev–Trinajstić information content (AvgIpc) is 2.74. The molecule has 0 aliphatic rings.